The highest BCUT2D eigenvalue weighted by Crippen LogP contribution is 2.32. The molecule has 0 aliphatic rings. The molecular formula is C16H20N2. The summed E-state index contributed by atoms with van der Waals surface area (Å²) < 4.78 is 0. The molecule has 2 nitrogen and oxygen atoms in total. The van der Waals surface area contributed by atoms with E-state index in [9.17, 15) is 0 Å². The summed E-state index contributed by atoms with van der Waals surface area (Å²) in [6.45, 7) is 4.40. The van der Waals surface area contributed by atoms with E-state index in [1.165, 1.54) is 11.1 Å². The number of nitrogen functional groups attached to an aromatic ring is 2. The number of benzene rings is 2. The summed E-state index contributed by atoms with van der Waals surface area (Å²) in [4.78, 5) is 0. The lowest BCUT2D eigenvalue weighted by atomic mass is 9.78. The van der Waals surface area contributed by atoms with Crippen LogP contribution in [0.2, 0.25) is 0 Å². The van der Waals surface area contributed by atoms with Crippen LogP contribution in [0.3, 0.4) is 0 Å². The van der Waals surface area contributed by atoms with Gasteiger partial charge in [-0.05, 0) is 35.1 Å². The van der Waals surface area contributed by atoms with Gasteiger partial charge in [0.2, 0.25) is 0 Å². The molecule has 0 atom stereocenters. The summed E-state index contributed by atoms with van der Waals surface area (Å²) >= 11 is 0. The highest BCUT2D eigenvalue weighted by molar-refractivity contribution is 5.53. The van der Waals surface area contributed by atoms with Gasteiger partial charge in [0.05, 0.1) is 0 Å². The molecule has 0 bridgehead atoms. The fourth-order valence-electron chi connectivity index (χ4n) is 2.38. The first-order chi connectivity index (χ1) is 8.50. The van der Waals surface area contributed by atoms with Crippen LogP contribution < -0.4 is 11.5 Å². The van der Waals surface area contributed by atoms with E-state index in [1.807, 2.05) is 36.4 Å². The second kappa shape index (κ2) is 4.73. The van der Waals surface area contributed by atoms with Gasteiger partial charge in [-0.15, -0.1) is 0 Å². The summed E-state index contributed by atoms with van der Waals surface area (Å²) in [6.07, 6.45) is 0.883. The van der Waals surface area contributed by atoms with E-state index in [2.05, 4.69) is 26.0 Å². The monoisotopic (exact) mass is 240 g/mol. The van der Waals surface area contributed by atoms with E-state index < -0.39 is 0 Å². The molecule has 4 N–H and O–H groups in total. The molecule has 0 spiro atoms. The molecule has 0 unspecified atom stereocenters. The minimum atomic E-state index is -0.0270. The SMILES string of the molecule is CC(C)(Cc1ccccc1N)c1ccccc1N. The summed E-state index contributed by atoms with van der Waals surface area (Å²) in [7, 11) is 0. The Morgan fingerprint density at radius 2 is 1.39 bits per heavy atom. The van der Waals surface area contributed by atoms with E-state index in [4.69, 9.17) is 11.5 Å². The van der Waals surface area contributed by atoms with E-state index in [-0.39, 0.29) is 5.41 Å². The van der Waals surface area contributed by atoms with Crippen molar-refractivity contribution in [1.82, 2.24) is 0 Å². The number of nitrogens with two attached hydrogens (primary N) is 2. The first-order valence-corrected chi connectivity index (χ1v) is 6.19. The minimum Gasteiger partial charge on any atom is -0.399 e. The Morgan fingerprint density at radius 1 is 0.833 bits per heavy atom. The van der Waals surface area contributed by atoms with Crippen LogP contribution in [0.15, 0.2) is 48.5 Å². The average molecular weight is 240 g/mol. The molecule has 2 rings (SSSR count). The number of anilines is 2. The van der Waals surface area contributed by atoms with E-state index in [0.29, 0.717) is 0 Å². The zero-order chi connectivity index (χ0) is 13.2. The maximum Gasteiger partial charge on any atom is 0.0352 e. The van der Waals surface area contributed by atoms with Crippen LogP contribution in [0, 0.1) is 0 Å². The van der Waals surface area contributed by atoms with Crippen molar-refractivity contribution in [1.29, 1.82) is 0 Å². The second-order valence-corrected chi connectivity index (χ2v) is 5.35. The fourth-order valence-corrected chi connectivity index (χ4v) is 2.38. The molecule has 94 valence electrons. The van der Waals surface area contributed by atoms with Gasteiger partial charge < -0.3 is 11.5 Å². The Kier molecular flexibility index (Phi) is 3.28. The van der Waals surface area contributed by atoms with Crippen molar-refractivity contribution in [3.63, 3.8) is 0 Å². The zero-order valence-electron chi connectivity index (χ0n) is 11.0. The van der Waals surface area contributed by atoms with Crippen LogP contribution in [0.4, 0.5) is 11.4 Å². The van der Waals surface area contributed by atoms with Crippen LogP contribution in [0.5, 0.6) is 0 Å². The van der Waals surface area contributed by atoms with Gasteiger partial charge in [0, 0.05) is 11.4 Å². The summed E-state index contributed by atoms with van der Waals surface area (Å²) in [5.74, 6) is 0. The van der Waals surface area contributed by atoms with Crippen molar-refractivity contribution in [2.75, 3.05) is 11.5 Å². The molecule has 0 aromatic heterocycles. The molecule has 0 radical (unpaired) electrons. The van der Waals surface area contributed by atoms with Crippen LogP contribution >= 0.6 is 0 Å². The Morgan fingerprint density at radius 3 is 2.00 bits per heavy atom. The van der Waals surface area contributed by atoms with Crippen molar-refractivity contribution < 1.29 is 0 Å². The number of hydrogen-bond donors (Lipinski definition) is 2. The van der Waals surface area contributed by atoms with Gasteiger partial charge >= 0.3 is 0 Å². The van der Waals surface area contributed by atoms with Crippen LogP contribution in [0.1, 0.15) is 25.0 Å². The number of rotatable bonds is 3. The van der Waals surface area contributed by atoms with Gasteiger partial charge in [0.25, 0.3) is 0 Å². The molecule has 0 saturated heterocycles. The van der Waals surface area contributed by atoms with E-state index >= 15 is 0 Å². The second-order valence-electron chi connectivity index (χ2n) is 5.35. The lowest BCUT2D eigenvalue weighted by molar-refractivity contribution is 0.525. The Labute approximate surface area is 109 Å². The van der Waals surface area contributed by atoms with Crippen molar-refractivity contribution in [2.45, 2.75) is 25.7 Å². The largest absolute Gasteiger partial charge is 0.399 e. The average Bonchev–Trinajstić information content (AvgIpc) is 2.32. The Hall–Kier alpha value is -1.96. The van der Waals surface area contributed by atoms with Gasteiger partial charge in [0.1, 0.15) is 0 Å². The maximum absolute atomic E-state index is 6.07. The third-order valence-corrected chi connectivity index (χ3v) is 3.38. The maximum atomic E-state index is 6.07. The molecule has 0 fully saturated rings. The van der Waals surface area contributed by atoms with Gasteiger partial charge in [-0.3, -0.25) is 0 Å². The van der Waals surface area contributed by atoms with E-state index in [0.717, 1.165) is 17.8 Å². The van der Waals surface area contributed by atoms with Crippen molar-refractivity contribution in [2.24, 2.45) is 0 Å². The predicted molar refractivity (Wildman–Crippen MR) is 78.4 cm³/mol. The molecule has 0 heterocycles. The summed E-state index contributed by atoms with van der Waals surface area (Å²) in [5.41, 5.74) is 16.1. The van der Waals surface area contributed by atoms with Crippen LogP contribution in [-0.4, -0.2) is 0 Å². The molecule has 0 aliphatic carbocycles. The molecule has 2 aromatic rings. The third kappa shape index (κ3) is 2.48. The van der Waals surface area contributed by atoms with Crippen molar-refractivity contribution in [3.8, 4) is 0 Å². The first kappa shape index (κ1) is 12.5. The minimum absolute atomic E-state index is 0.0270. The van der Waals surface area contributed by atoms with Gasteiger partial charge in [-0.25, -0.2) is 0 Å². The van der Waals surface area contributed by atoms with Crippen LogP contribution in [0.25, 0.3) is 0 Å². The smallest absolute Gasteiger partial charge is 0.0352 e. The predicted octanol–water partition coefficient (Wildman–Crippen LogP) is 3.37. The highest BCUT2D eigenvalue weighted by Gasteiger charge is 2.23. The van der Waals surface area contributed by atoms with Crippen molar-refractivity contribution in [3.05, 3.63) is 59.7 Å². The van der Waals surface area contributed by atoms with Gasteiger partial charge in [-0.1, -0.05) is 50.2 Å². The lowest BCUT2D eigenvalue weighted by Gasteiger charge is -2.27. The number of hydrogen-bond acceptors (Lipinski definition) is 2. The van der Waals surface area contributed by atoms with Crippen LogP contribution in [-0.2, 0) is 11.8 Å². The molecule has 0 saturated carbocycles. The fraction of sp³-hybridized carbons (Fsp3) is 0.250. The summed E-state index contributed by atoms with van der Waals surface area (Å²) in [5, 5.41) is 0. The van der Waals surface area contributed by atoms with Crippen molar-refractivity contribution >= 4 is 11.4 Å². The third-order valence-electron chi connectivity index (χ3n) is 3.38. The molecule has 18 heavy (non-hydrogen) atoms. The topological polar surface area (TPSA) is 52.0 Å². The first-order valence-electron chi connectivity index (χ1n) is 6.19. The molecule has 0 amide bonds. The molecular weight excluding hydrogens is 220 g/mol. The quantitative estimate of drug-likeness (QED) is 0.808. The van der Waals surface area contributed by atoms with Gasteiger partial charge in [0.15, 0.2) is 0 Å². The Balaban J connectivity index is 2.33. The molecule has 0 aliphatic heterocycles. The van der Waals surface area contributed by atoms with Gasteiger partial charge in [-0.2, -0.15) is 0 Å². The molecule has 2 aromatic carbocycles. The molecule has 2 heteroatoms. The van der Waals surface area contributed by atoms with E-state index in [1.54, 1.807) is 0 Å². The number of para-hydroxylation sites is 2. The summed E-state index contributed by atoms with van der Waals surface area (Å²) in [6, 6.07) is 16.0. The standard InChI is InChI=1S/C16H20N2/c1-16(2,13-8-4-6-10-15(13)18)11-12-7-3-5-9-14(12)17/h3-10H,11,17-18H2,1-2H3. The zero-order valence-corrected chi connectivity index (χ0v) is 11.0. The Bertz CT molecular complexity index is 544. The lowest BCUT2D eigenvalue weighted by Crippen LogP contribution is -2.22. The highest BCUT2D eigenvalue weighted by atomic mass is 14.6. The normalized spacial score (nSPS) is 11.4.